The molecule has 3 aromatic carbocycles. The van der Waals surface area contributed by atoms with Crippen LogP contribution in [0.1, 0.15) is 35.4 Å². The maximum absolute atomic E-state index is 13.7. The van der Waals surface area contributed by atoms with Gasteiger partial charge in [-0.15, -0.1) is 0 Å². The molecule has 11 heteroatoms. The second-order valence-corrected chi connectivity index (χ2v) is 14.7. The SMILES string of the molecule is Cc1cc(-c2cccc(S(C)(=O)=O)c2)c(Cl)cc1C1C(=O)OC2(CCN(S(=O)(=O)Cc3ccccc3)CC2)C1=O. The molecular weight excluding hydrogens is 574 g/mol. The summed E-state index contributed by atoms with van der Waals surface area (Å²) < 4.78 is 57.0. The zero-order valence-electron chi connectivity index (χ0n) is 22.0. The lowest BCUT2D eigenvalue weighted by molar-refractivity contribution is -0.155. The van der Waals surface area contributed by atoms with Crippen LogP contribution >= 0.6 is 11.6 Å². The molecule has 1 atom stereocenters. The van der Waals surface area contributed by atoms with E-state index in [4.69, 9.17) is 16.3 Å². The van der Waals surface area contributed by atoms with Crippen molar-refractivity contribution in [2.75, 3.05) is 19.3 Å². The van der Waals surface area contributed by atoms with Gasteiger partial charge < -0.3 is 4.74 Å². The topological polar surface area (TPSA) is 115 Å². The number of rotatable bonds is 6. The summed E-state index contributed by atoms with van der Waals surface area (Å²) in [5, 5.41) is 0.259. The summed E-state index contributed by atoms with van der Waals surface area (Å²) in [6.07, 6.45) is 1.27. The third-order valence-corrected chi connectivity index (χ3v) is 10.9. The standard InChI is InChI=1S/C29H28ClNO7S2/c1-19-15-24(21-9-6-10-22(16-21)39(2,34)35)25(30)17-23(19)26-27(32)29(38-28(26)33)11-13-31(14-12-29)40(36,37)18-20-7-4-3-5-8-20/h3-10,15-17,26H,11-14,18H2,1-2H3. The number of aryl methyl sites for hydroxylation is 1. The average Bonchev–Trinajstić information content (AvgIpc) is 3.13. The zero-order valence-corrected chi connectivity index (χ0v) is 24.4. The summed E-state index contributed by atoms with van der Waals surface area (Å²) in [7, 11) is -7.04. The van der Waals surface area contributed by atoms with Crippen LogP contribution < -0.4 is 0 Å². The molecule has 210 valence electrons. The van der Waals surface area contributed by atoms with Gasteiger partial charge in [0.15, 0.2) is 21.2 Å². The smallest absolute Gasteiger partial charge is 0.322 e. The highest BCUT2D eigenvalue weighted by atomic mass is 35.5. The first-order chi connectivity index (χ1) is 18.8. The van der Waals surface area contributed by atoms with Gasteiger partial charge in [-0.05, 0) is 53.4 Å². The van der Waals surface area contributed by atoms with E-state index in [0.717, 1.165) is 6.26 Å². The minimum absolute atomic E-state index is 0.0657. The van der Waals surface area contributed by atoms with Crippen LogP contribution in [0.3, 0.4) is 0 Å². The highest BCUT2D eigenvalue weighted by molar-refractivity contribution is 7.90. The zero-order chi connectivity index (χ0) is 28.9. The Morgan fingerprint density at radius 1 is 0.950 bits per heavy atom. The van der Waals surface area contributed by atoms with Crippen LogP contribution in [-0.2, 0) is 39.9 Å². The van der Waals surface area contributed by atoms with Crippen LogP contribution in [0.4, 0.5) is 0 Å². The summed E-state index contributed by atoms with van der Waals surface area (Å²) in [6, 6.07) is 18.5. The number of hydrogen-bond acceptors (Lipinski definition) is 7. The molecule has 0 N–H and O–H groups in total. The normalized spacial score (nSPS) is 19.6. The number of carbonyl (C=O) groups excluding carboxylic acids is 2. The van der Waals surface area contributed by atoms with E-state index in [1.165, 1.54) is 16.4 Å². The number of Topliss-reactive ketones (excluding diaryl/α,β-unsaturated/α-hetero) is 1. The average molecular weight is 602 g/mol. The lowest BCUT2D eigenvalue weighted by Gasteiger charge is -2.36. The van der Waals surface area contributed by atoms with Crippen molar-refractivity contribution in [2.45, 2.75) is 41.9 Å². The lowest BCUT2D eigenvalue weighted by atomic mass is 9.80. The van der Waals surface area contributed by atoms with E-state index >= 15 is 0 Å². The highest BCUT2D eigenvalue weighted by Crippen LogP contribution is 2.44. The third kappa shape index (κ3) is 5.33. The van der Waals surface area contributed by atoms with Gasteiger partial charge in [0, 0.05) is 42.8 Å². The molecule has 0 bridgehead atoms. The van der Waals surface area contributed by atoms with Crippen LogP contribution in [0.2, 0.25) is 5.02 Å². The molecule has 2 aliphatic rings. The minimum atomic E-state index is -3.61. The Kier molecular flexibility index (Phi) is 7.41. The molecule has 2 fully saturated rings. The fourth-order valence-electron chi connectivity index (χ4n) is 5.41. The molecule has 40 heavy (non-hydrogen) atoms. The van der Waals surface area contributed by atoms with Gasteiger partial charge in [0.05, 0.1) is 10.6 Å². The van der Waals surface area contributed by atoms with Crippen molar-refractivity contribution in [1.82, 2.24) is 4.31 Å². The number of ether oxygens (including phenoxy) is 1. The van der Waals surface area contributed by atoms with Crippen molar-refractivity contribution in [2.24, 2.45) is 0 Å². The number of ketones is 1. The molecule has 5 rings (SSSR count). The Hall–Kier alpha value is -3.05. The number of nitrogens with zero attached hydrogens (tertiary/aromatic N) is 1. The Labute approximate surface area is 238 Å². The molecule has 0 aliphatic carbocycles. The van der Waals surface area contributed by atoms with Gasteiger partial charge in [-0.3, -0.25) is 9.59 Å². The van der Waals surface area contributed by atoms with Gasteiger partial charge in [0.1, 0.15) is 5.92 Å². The van der Waals surface area contributed by atoms with Gasteiger partial charge in [0.2, 0.25) is 10.0 Å². The second kappa shape index (κ2) is 10.4. The molecule has 0 saturated carbocycles. The molecule has 0 amide bonds. The number of sulfonamides is 1. The number of carbonyl (C=O) groups is 2. The molecule has 1 unspecified atom stereocenters. The molecule has 2 aliphatic heterocycles. The quantitative estimate of drug-likeness (QED) is 0.306. The predicted octanol–water partition coefficient (Wildman–Crippen LogP) is 4.29. The van der Waals surface area contributed by atoms with Crippen molar-refractivity contribution in [1.29, 1.82) is 0 Å². The summed E-state index contributed by atoms with van der Waals surface area (Å²) in [5.74, 6) is -2.41. The summed E-state index contributed by atoms with van der Waals surface area (Å²) in [6.45, 7) is 1.88. The van der Waals surface area contributed by atoms with Gasteiger partial charge in [-0.2, -0.15) is 0 Å². The first-order valence-corrected chi connectivity index (χ1v) is 16.6. The first kappa shape index (κ1) is 28.5. The Morgan fingerprint density at radius 2 is 1.62 bits per heavy atom. The largest absolute Gasteiger partial charge is 0.450 e. The van der Waals surface area contributed by atoms with E-state index in [0.29, 0.717) is 27.8 Å². The monoisotopic (exact) mass is 601 g/mol. The molecule has 0 radical (unpaired) electrons. The van der Waals surface area contributed by atoms with Gasteiger partial charge in [0.25, 0.3) is 0 Å². The first-order valence-electron chi connectivity index (χ1n) is 12.7. The van der Waals surface area contributed by atoms with Crippen molar-refractivity contribution in [3.8, 4) is 11.1 Å². The summed E-state index contributed by atoms with van der Waals surface area (Å²) in [5.41, 5.74) is 1.48. The van der Waals surface area contributed by atoms with E-state index in [-0.39, 0.29) is 41.6 Å². The Balaban J connectivity index is 1.37. The molecular formula is C29H28ClNO7S2. The van der Waals surface area contributed by atoms with Gasteiger partial charge in [-0.1, -0.05) is 54.1 Å². The molecule has 1 spiro atoms. The highest BCUT2D eigenvalue weighted by Gasteiger charge is 2.57. The van der Waals surface area contributed by atoms with Crippen LogP contribution in [0, 0.1) is 6.92 Å². The molecule has 2 heterocycles. The second-order valence-electron chi connectivity index (χ2n) is 10.3. The number of benzene rings is 3. The molecule has 3 aromatic rings. The molecule has 2 saturated heterocycles. The third-order valence-electron chi connectivity index (χ3n) is 7.60. The molecule has 8 nitrogen and oxygen atoms in total. The number of esters is 1. The summed E-state index contributed by atoms with van der Waals surface area (Å²) >= 11 is 6.60. The van der Waals surface area contributed by atoms with Crippen molar-refractivity contribution >= 4 is 43.2 Å². The van der Waals surface area contributed by atoms with E-state index in [2.05, 4.69) is 0 Å². The lowest BCUT2D eigenvalue weighted by Crippen LogP contribution is -2.50. The van der Waals surface area contributed by atoms with E-state index in [9.17, 15) is 26.4 Å². The number of halogens is 1. The van der Waals surface area contributed by atoms with Crippen LogP contribution in [0.5, 0.6) is 0 Å². The van der Waals surface area contributed by atoms with Crippen LogP contribution in [-0.4, -0.2) is 57.8 Å². The minimum Gasteiger partial charge on any atom is -0.450 e. The van der Waals surface area contributed by atoms with Crippen molar-refractivity contribution < 1.29 is 31.2 Å². The number of piperidine rings is 1. The molecule has 0 aromatic heterocycles. The van der Waals surface area contributed by atoms with Crippen molar-refractivity contribution in [3.63, 3.8) is 0 Å². The predicted molar refractivity (Wildman–Crippen MR) is 151 cm³/mol. The van der Waals surface area contributed by atoms with E-state index in [1.807, 2.05) is 6.07 Å². The van der Waals surface area contributed by atoms with Crippen LogP contribution in [0.25, 0.3) is 11.1 Å². The maximum Gasteiger partial charge on any atom is 0.322 e. The van der Waals surface area contributed by atoms with Crippen molar-refractivity contribution in [3.05, 3.63) is 88.4 Å². The maximum atomic E-state index is 13.7. The van der Waals surface area contributed by atoms with Gasteiger partial charge >= 0.3 is 5.97 Å². The van der Waals surface area contributed by atoms with Gasteiger partial charge in [-0.25, -0.2) is 21.1 Å². The number of sulfone groups is 1. The Morgan fingerprint density at radius 3 is 2.27 bits per heavy atom. The van der Waals surface area contributed by atoms with E-state index in [1.54, 1.807) is 55.5 Å². The number of hydrogen-bond donors (Lipinski definition) is 0. The fraction of sp³-hybridized carbons (Fsp3) is 0.310. The summed E-state index contributed by atoms with van der Waals surface area (Å²) in [4.78, 5) is 26.9. The van der Waals surface area contributed by atoms with Crippen LogP contribution in [0.15, 0.2) is 71.6 Å². The Bertz CT molecular complexity index is 1710. The fourth-order valence-corrected chi connectivity index (χ4v) is 7.90. The van der Waals surface area contributed by atoms with E-state index < -0.39 is 43.1 Å².